The number of fused-ring (bicyclic) bond motifs is 1. The lowest BCUT2D eigenvalue weighted by atomic mass is 9.95. The number of rotatable bonds is 7. The van der Waals surface area contributed by atoms with Crippen LogP contribution < -0.4 is 5.73 Å². The van der Waals surface area contributed by atoms with Gasteiger partial charge in [0.05, 0.1) is 15.2 Å². The second kappa shape index (κ2) is 7.01. The molecule has 0 radical (unpaired) electrons. The summed E-state index contributed by atoms with van der Waals surface area (Å²) in [6, 6.07) is 6.43. The van der Waals surface area contributed by atoms with Gasteiger partial charge >= 0.3 is 0 Å². The van der Waals surface area contributed by atoms with Gasteiger partial charge in [-0.05, 0) is 50.3 Å². The van der Waals surface area contributed by atoms with Gasteiger partial charge in [-0.25, -0.2) is 4.98 Å². The molecule has 3 heteroatoms. The Hall–Kier alpha value is -0.930. The fraction of sp³-hybridized carbons (Fsp3) is 0.562. The van der Waals surface area contributed by atoms with E-state index in [0.29, 0.717) is 0 Å². The Bertz CT molecular complexity index is 512. The van der Waals surface area contributed by atoms with E-state index >= 15 is 0 Å². The van der Waals surface area contributed by atoms with E-state index < -0.39 is 0 Å². The van der Waals surface area contributed by atoms with Gasteiger partial charge in [0.25, 0.3) is 0 Å². The molecule has 1 heterocycles. The minimum atomic E-state index is 0.767. The highest BCUT2D eigenvalue weighted by atomic mass is 32.1. The lowest BCUT2D eigenvalue weighted by molar-refractivity contribution is 0.421. The third-order valence-electron chi connectivity index (χ3n) is 3.70. The van der Waals surface area contributed by atoms with Crippen LogP contribution in [0.4, 0.5) is 0 Å². The normalized spacial score (nSPS) is 13.0. The molecule has 0 amide bonds. The molecule has 104 valence electrons. The average Bonchev–Trinajstić information content (AvgIpc) is 2.81. The predicted octanol–water partition coefficient (Wildman–Crippen LogP) is 4.30. The van der Waals surface area contributed by atoms with Crippen molar-refractivity contribution in [1.29, 1.82) is 0 Å². The Morgan fingerprint density at radius 2 is 2.11 bits per heavy atom. The van der Waals surface area contributed by atoms with Crippen molar-refractivity contribution in [3.8, 4) is 0 Å². The maximum absolute atomic E-state index is 5.70. The zero-order valence-corrected chi connectivity index (χ0v) is 12.8. The predicted molar refractivity (Wildman–Crippen MR) is 84.7 cm³/mol. The van der Waals surface area contributed by atoms with E-state index in [4.69, 9.17) is 10.7 Å². The Labute approximate surface area is 120 Å². The highest BCUT2D eigenvalue weighted by molar-refractivity contribution is 7.18. The van der Waals surface area contributed by atoms with Gasteiger partial charge in [0.2, 0.25) is 0 Å². The molecule has 0 fully saturated rings. The molecule has 19 heavy (non-hydrogen) atoms. The molecule has 2 nitrogen and oxygen atoms in total. The smallest absolute Gasteiger partial charge is 0.0938 e. The zero-order chi connectivity index (χ0) is 13.7. The highest BCUT2D eigenvalue weighted by Crippen LogP contribution is 2.27. The Morgan fingerprint density at radius 3 is 2.79 bits per heavy atom. The van der Waals surface area contributed by atoms with Gasteiger partial charge in [0.1, 0.15) is 0 Å². The number of hydrogen-bond acceptors (Lipinski definition) is 3. The van der Waals surface area contributed by atoms with Crippen molar-refractivity contribution in [2.24, 2.45) is 11.7 Å². The summed E-state index contributed by atoms with van der Waals surface area (Å²) in [5.41, 5.74) is 8.17. The van der Waals surface area contributed by atoms with E-state index in [1.807, 2.05) is 11.3 Å². The second-order valence-corrected chi connectivity index (χ2v) is 6.42. The van der Waals surface area contributed by atoms with Crippen molar-refractivity contribution in [2.75, 3.05) is 6.54 Å². The maximum atomic E-state index is 5.70. The van der Waals surface area contributed by atoms with Gasteiger partial charge < -0.3 is 5.73 Å². The summed E-state index contributed by atoms with van der Waals surface area (Å²) in [6.07, 6.45) is 6.02. The molecule has 0 aliphatic carbocycles. The first-order chi connectivity index (χ1) is 9.24. The van der Waals surface area contributed by atoms with Crippen LogP contribution in [-0.4, -0.2) is 11.5 Å². The van der Waals surface area contributed by atoms with Crippen LogP contribution in [0.2, 0.25) is 0 Å². The summed E-state index contributed by atoms with van der Waals surface area (Å²) in [6.45, 7) is 5.20. The molecule has 0 spiro atoms. The molecule has 0 bridgehead atoms. The number of aryl methyl sites for hydroxylation is 2. The minimum Gasteiger partial charge on any atom is -0.330 e. The van der Waals surface area contributed by atoms with Crippen molar-refractivity contribution in [3.05, 3.63) is 28.8 Å². The summed E-state index contributed by atoms with van der Waals surface area (Å²) >= 11 is 1.85. The van der Waals surface area contributed by atoms with E-state index in [1.165, 1.54) is 40.1 Å². The van der Waals surface area contributed by atoms with Crippen LogP contribution in [0.15, 0.2) is 18.2 Å². The Morgan fingerprint density at radius 1 is 1.26 bits per heavy atom. The highest BCUT2D eigenvalue weighted by Gasteiger charge is 2.10. The first-order valence-corrected chi connectivity index (χ1v) is 8.11. The third kappa shape index (κ3) is 3.77. The number of benzene rings is 1. The molecule has 1 unspecified atom stereocenters. The van der Waals surface area contributed by atoms with Crippen LogP contribution >= 0.6 is 11.3 Å². The quantitative estimate of drug-likeness (QED) is 0.818. The molecular weight excluding hydrogens is 252 g/mol. The SMILES string of the molecule is CCCC(CCN)CCc1nc2c(C)cccc2s1. The molecule has 1 atom stereocenters. The van der Waals surface area contributed by atoms with Crippen LogP contribution in [0.1, 0.15) is 43.2 Å². The van der Waals surface area contributed by atoms with Crippen LogP contribution in [0.5, 0.6) is 0 Å². The molecular formula is C16H24N2S. The van der Waals surface area contributed by atoms with E-state index in [0.717, 1.165) is 25.3 Å². The molecule has 2 N–H and O–H groups in total. The van der Waals surface area contributed by atoms with Crippen LogP contribution in [0.3, 0.4) is 0 Å². The lowest BCUT2D eigenvalue weighted by Gasteiger charge is -2.13. The van der Waals surface area contributed by atoms with E-state index in [1.54, 1.807) is 0 Å². The number of nitrogens with zero attached hydrogens (tertiary/aromatic N) is 1. The summed E-state index contributed by atoms with van der Waals surface area (Å²) in [5, 5.41) is 1.28. The second-order valence-electron chi connectivity index (χ2n) is 5.30. The van der Waals surface area contributed by atoms with Crippen molar-refractivity contribution in [2.45, 2.75) is 46.0 Å². The molecule has 2 aromatic rings. The number of para-hydroxylation sites is 1. The fourth-order valence-corrected chi connectivity index (χ4v) is 3.70. The van der Waals surface area contributed by atoms with Gasteiger partial charge in [0, 0.05) is 0 Å². The van der Waals surface area contributed by atoms with Crippen molar-refractivity contribution < 1.29 is 0 Å². The molecule has 0 aliphatic rings. The molecule has 2 rings (SSSR count). The monoisotopic (exact) mass is 276 g/mol. The molecule has 0 saturated carbocycles. The van der Waals surface area contributed by atoms with Gasteiger partial charge in [-0.3, -0.25) is 0 Å². The summed E-state index contributed by atoms with van der Waals surface area (Å²) in [5.74, 6) is 0.767. The van der Waals surface area contributed by atoms with Gasteiger partial charge in [-0.15, -0.1) is 11.3 Å². The fourth-order valence-electron chi connectivity index (χ4n) is 2.64. The van der Waals surface area contributed by atoms with Gasteiger partial charge in [-0.2, -0.15) is 0 Å². The topological polar surface area (TPSA) is 38.9 Å². The largest absolute Gasteiger partial charge is 0.330 e. The average molecular weight is 276 g/mol. The number of hydrogen-bond donors (Lipinski definition) is 1. The van der Waals surface area contributed by atoms with Crippen molar-refractivity contribution >= 4 is 21.6 Å². The lowest BCUT2D eigenvalue weighted by Crippen LogP contribution is -2.09. The van der Waals surface area contributed by atoms with Crippen molar-refractivity contribution in [3.63, 3.8) is 0 Å². The van der Waals surface area contributed by atoms with Crippen LogP contribution in [-0.2, 0) is 6.42 Å². The van der Waals surface area contributed by atoms with E-state index in [-0.39, 0.29) is 0 Å². The summed E-state index contributed by atoms with van der Waals surface area (Å²) in [4.78, 5) is 4.79. The van der Waals surface area contributed by atoms with Crippen LogP contribution in [0.25, 0.3) is 10.2 Å². The van der Waals surface area contributed by atoms with Gasteiger partial charge in [-0.1, -0.05) is 31.9 Å². The molecule has 1 aromatic carbocycles. The number of nitrogens with two attached hydrogens (primary N) is 1. The first-order valence-electron chi connectivity index (χ1n) is 7.29. The third-order valence-corrected chi connectivity index (χ3v) is 4.78. The molecule has 0 aliphatic heterocycles. The number of aromatic nitrogens is 1. The minimum absolute atomic E-state index is 0.767. The Kier molecular flexibility index (Phi) is 5.34. The standard InChI is InChI=1S/C16H24N2S/c1-3-5-13(10-11-17)8-9-15-18-16-12(2)6-4-7-14(16)19-15/h4,6-7,13H,3,5,8-11,17H2,1-2H3. The maximum Gasteiger partial charge on any atom is 0.0938 e. The Balaban J connectivity index is 2.02. The van der Waals surface area contributed by atoms with Crippen LogP contribution in [0, 0.1) is 12.8 Å². The molecule has 1 aromatic heterocycles. The van der Waals surface area contributed by atoms with Crippen molar-refractivity contribution in [1.82, 2.24) is 4.98 Å². The summed E-state index contributed by atoms with van der Waals surface area (Å²) < 4.78 is 1.32. The number of thiazole rings is 1. The van der Waals surface area contributed by atoms with E-state index in [2.05, 4.69) is 32.0 Å². The van der Waals surface area contributed by atoms with Gasteiger partial charge in [0.15, 0.2) is 0 Å². The van der Waals surface area contributed by atoms with E-state index in [9.17, 15) is 0 Å². The molecule has 0 saturated heterocycles. The zero-order valence-electron chi connectivity index (χ0n) is 12.0. The summed E-state index contributed by atoms with van der Waals surface area (Å²) in [7, 11) is 0. The first kappa shape index (κ1) is 14.5.